The molecule has 1 aliphatic rings. The van der Waals surface area contributed by atoms with E-state index in [1.54, 1.807) is 13.2 Å². The summed E-state index contributed by atoms with van der Waals surface area (Å²) in [4.78, 5) is 2.21. The number of hydrogen-bond donors (Lipinski definition) is 0. The molecule has 1 fully saturated rings. The predicted octanol–water partition coefficient (Wildman–Crippen LogP) is 2.82. The second-order valence-electron chi connectivity index (χ2n) is 3.81. The van der Waals surface area contributed by atoms with Crippen LogP contribution < -0.4 is 9.64 Å². The van der Waals surface area contributed by atoms with Crippen molar-refractivity contribution in [2.24, 2.45) is 0 Å². The van der Waals surface area contributed by atoms with Crippen molar-refractivity contribution in [2.45, 2.75) is 12.8 Å². The third kappa shape index (κ3) is 1.94. The predicted molar refractivity (Wildman–Crippen MR) is 64.2 cm³/mol. The van der Waals surface area contributed by atoms with Crippen molar-refractivity contribution < 1.29 is 4.74 Å². The number of anilines is 1. The molecule has 0 amide bonds. The minimum absolute atomic E-state index is 0.488. The molecule has 4 heteroatoms. The van der Waals surface area contributed by atoms with E-state index in [1.807, 2.05) is 6.07 Å². The summed E-state index contributed by atoms with van der Waals surface area (Å²) in [6, 6.07) is 5.71. The zero-order valence-corrected chi connectivity index (χ0v) is 9.92. The highest BCUT2D eigenvalue weighted by molar-refractivity contribution is 6.32. The van der Waals surface area contributed by atoms with E-state index in [4.69, 9.17) is 21.6 Å². The van der Waals surface area contributed by atoms with Gasteiger partial charge in [0.15, 0.2) is 0 Å². The number of rotatable bonds is 2. The molecule has 1 heterocycles. The Morgan fingerprint density at radius 3 is 2.62 bits per heavy atom. The minimum Gasteiger partial charge on any atom is -0.495 e. The first-order valence-corrected chi connectivity index (χ1v) is 5.66. The van der Waals surface area contributed by atoms with Crippen molar-refractivity contribution in [3.8, 4) is 11.8 Å². The minimum atomic E-state index is 0.488. The first kappa shape index (κ1) is 11.1. The zero-order valence-electron chi connectivity index (χ0n) is 9.16. The van der Waals surface area contributed by atoms with Gasteiger partial charge >= 0.3 is 0 Å². The van der Waals surface area contributed by atoms with Crippen LogP contribution >= 0.6 is 11.6 Å². The summed E-state index contributed by atoms with van der Waals surface area (Å²) in [7, 11) is 1.58. The smallest absolute Gasteiger partial charge is 0.139 e. The second-order valence-corrected chi connectivity index (χ2v) is 4.22. The van der Waals surface area contributed by atoms with Gasteiger partial charge in [0.1, 0.15) is 11.8 Å². The van der Waals surface area contributed by atoms with Crippen LogP contribution in [0.4, 0.5) is 5.69 Å². The van der Waals surface area contributed by atoms with Gasteiger partial charge in [0.2, 0.25) is 0 Å². The zero-order chi connectivity index (χ0) is 11.5. The summed E-state index contributed by atoms with van der Waals surface area (Å²) in [5.41, 5.74) is 1.55. The lowest BCUT2D eigenvalue weighted by molar-refractivity contribution is 0.415. The van der Waals surface area contributed by atoms with Crippen LogP contribution in [-0.4, -0.2) is 20.2 Å². The molecule has 1 aromatic carbocycles. The Labute approximate surface area is 100 Å². The average molecular weight is 237 g/mol. The van der Waals surface area contributed by atoms with Crippen LogP contribution in [-0.2, 0) is 0 Å². The van der Waals surface area contributed by atoms with Crippen LogP contribution in [0.15, 0.2) is 12.1 Å². The van der Waals surface area contributed by atoms with Crippen molar-refractivity contribution >= 4 is 17.3 Å². The lowest BCUT2D eigenvalue weighted by Crippen LogP contribution is -2.18. The molecule has 0 aromatic heterocycles. The van der Waals surface area contributed by atoms with Crippen LogP contribution in [0, 0.1) is 11.3 Å². The molecule has 0 aliphatic carbocycles. The van der Waals surface area contributed by atoms with Gasteiger partial charge in [-0.05, 0) is 18.9 Å². The topological polar surface area (TPSA) is 36.3 Å². The monoisotopic (exact) mass is 236 g/mol. The Balaban J connectivity index is 2.45. The first-order valence-electron chi connectivity index (χ1n) is 5.29. The molecule has 0 spiro atoms. The lowest BCUT2D eigenvalue weighted by atomic mass is 10.1. The van der Waals surface area contributed by atoms with E-state index in [2.05, 4.69) is 11.0 Å². The van der Waals surface area contributed by atoms with Gasteiger partial charge in [-0.25, -0.2) is 0 Å². The molecule has 0 unspecified atom stereocenters. The van der Waals surface area contributed by atoms with E-state index in [0.29, 0.717) is 16.3 Å². The molecule has 0 radical (unpaired) electrons. The Morgan fingerprint density at radius 2 is 2.06 bits per heavy atom. The van der Waals surface area contributed by atoms with Gasteiger partial charge < -0.3 is 9.64 Å². The van der Waals surface area contributed by atoms with Crippen molar-refractivity contribution in [3.63, 3.8) is 0 Å². The van der Waals surface area contributed by atoms with Crippen molar-refractivity contribution in [2.75, 3.05) is 25.1 Å². The molecule has 0 N–H and O–H groups in total. The molecule has 0 atom stereocenters. The molecule has 0 saturated carbocycles. The van der Waals surface area contributed by atoms with Gasteiger partial charge in [-0.15, -0.1) is 0 Å². The van der Waals surface area contributed by atoms with Gasteiger partial charge in [-0.3, -0.25) is 0 Å². The van der Waals surface area contributed by atoms with E-state index in [9.17, 15) is 0 Å². The van der Waals surface area contributed by atoms with Crippen molar-refractivity contribution in [1.29, 1.82) is 5.26 Å². The summed E-state index contributed by atoms with van der Waals surface area (Å²) >= 11 is 5.99. The average Bonchev–Trinajstić information content (AvgIpc) is 2.82. The van der Waals surface area contributed by atoms with Crippen LogP contribution in [0.5, 0.6) is 5.75 Å². The van der Waals surface area contributed by atoms with E-state index < -0.39 is 0 Å². The largest absolute Gasteiger partial charge is 0.495 e. The number of nitriles is 1. The van der Waals surface area contributed by atoms with E-state index in [0.717, 1.165) is 18.8 Å². The Bertz CT molecular complexity index is 433. The number of nitrogens with zero attached hydrogens (tertiary/aromatic N) is 2. The van der Waals surface area contributed by atoms with E-state index in [-0.39, 0.29) is 0 Å². The normalized spacial score (nSPS) is 14.9. The summed E-state index contributed by atoms with van der Waals surface area (Å²) in [5.74, 6) is 0.627. The summed E-state index contributed by atoms with van der Waals surface area (Å²) < 4.78 is 5.18. The van der Waals surface area contributed by atoms with Gasteiger partial charge in [-0.2, -0.15) is 5.26 Å². The number of benzene rings is 1. The summed E-state index contributed by atoms with van der Waals surface area (Å²) in [6.45, 7) is 2.00. The number of hydrogen-bond acceptors (Lipinski definition) is 3. The highest BCUT2D eigenvalue weighted by Crippen LogP contribution is 2.34. The molecule has 84 valence electrons. The fourth-order valence-corrected chi connectivity index (χ4v) is 2.25. The van der Waals surface area contributed by atoms with Gasteiger partial charge in [0.25, 0.3) is 0 Å². The van der Waals surface area contributed by atoms with Crippen LogP contribution in [0.2, 0.25) is 5.02 Å². The third-order valence-electron chi connectivity index (χ3n) is 2.84. The quantitative estimate of drug-likeness (QED) is 0.792. The number of halogens is 1. The Hall–Kier alpha value is -1.40. The highest BCUT2D eigenvalue weighted by Gasteiger charge is 2.18. The Kier molecular flexibility index (Phi) is 3.21. The first-order chi connectivity index (χ1) is 7.76. The molecule has 1 saturated heterocycles. The maximum atomic E-state index is 9.09. The molecule has 1 aliphatic heterocycles. The lowest BCUT2D eigenvalue weighted by Gasteiger charge is -2.20. The molecular formula is C12H13ClN2O. The number of ether oxygens (including phenoxy) is 1. The molecular weight excluding hydrogens is 224 g/mol. The SMILES string of the molecule is COc1cc(N2CCCC2)c(C#N)cc1Cl. The molecule has 16 heavy (non-hydrogen) atoms. The maximum absolute atomic E-state index is 9.09. The fraction of sp³-hybridized carbons (Fsp3) is 0.417. The van der Waals surface area contributed by atoms with Crippen molar-refractivity contribution in [3.05, 3.63) is 22.7 Å². The maximum Gasteiger partial charge on any atom is 0.139 e. The second kappa shape index (κ2) is 4.63. The summed E-state index contributed by atoms with van der Waals surface area (Å²) in [6.07, 6.45) is 2.35. The molecule has 1 aromatic rings. The standard InChI is InChI=1S/C12H13ClN2O/c1-16-12-7-11(15-4-2-3-5-15)9(8-14)6-10(12)13/h6-7H,2-5H2,1H3. The van der Waals surface area contributed by atoms with Gasteiger partial charge in [-0.1, -0.05) is 11.6 Å². The van der Waals surface area contributed by atoms with Gasteiger partial charge in [0, 0.05) is 19.2 Å². The Morgan fingerprint density at radius 1 is 1.38 bits per heavy atom. The van der Waals surface area contributed by atoms with Gasteiger partial charge in [0.05, 0.1) is 23.4 Å². The van der Waals surface area contributed by atoms with Crippen LogP contribution in [0.3, 0.4) is 0 Å². The fourth-order valence-electron chi connectivity index (χ4n) is 2.01. The summed E-state index contributed by atoms with van der Waals surface area (Å²) in [5, 5.41) is 9.58. The van der Waals surface area contributed by atoms with E-state index >= 15 is 0 Å². The van der Waals surface area contributed by atoms with Crippen LogP contribution in [0.25, 0.3) is 0 Å². The molecule has 0 bridgehead atoms. The molecule has 2 rings (SSSR count). The van der Waals surface area contributed by atoms with Crippen molar-refractivity contribution in [1.82, 2.24) is 0 Å². The number of methoxy groups -OCH3 is 1. The third-order valence-corrected chi connectivity index (χ3v) is 3.13. The molecule has 3 nitrogen and oxygen atoms in total. The van der Waals surface area contributed by atoms with E-state index in [1.165, 1.54) is 12.8 Å². The van der Waals surface area contributed by atoms with Crippen LogP contribution in [0.1, 0.15) is 18.4 Å². The highest BCUT2D eigenvalue weighted by atomic mass is 35.5.